The van der Waals surface area contributed by atoms with Gasteiger partial charge in [0, 0.05) is 31.0 Å². The van der Waals surface area contributed by atoms with E-state index < -0.39 is 27.4 Å². The van der Waals surface area contributed by atoms with Gasteiger partial charge in [-0.05, 0) is 39.0 Å². The summed E-state index contributed by atoms with van der Waals surface area (Å²) in [6.45, 7) is 6.24. The van der Waals surface area contributed by atoms with Crippen LogP contribution in [0.3, 0.4) is 0 Å². The first-order chi connectivity index (χ1) is 16.4. The highest BCUT2D eigenvalue weighted by Gasteiger charge is 2.73. The first kappa shape index (κ1) is 25.3. The molecular weight excluding hydrogens is 452 g/mol. The zero-order valence-electron chi connectivity index (χ0n) is 20.4. The van der Waals surface area contributed by atoms with Gasteiger partial charge in [-0.25, -0.2) is 0 Å². The summed E-state index contributed by atoms with van der Waals surface area (Å²) >= 11 is 1.60. The van der Waals surface area contributed by atoms with E-state index in [0.717, 1.165) is 32.1 Å². The topological polar surface area (TPSA) is 87.2 Å². The van der Waals surface area contributed by atoms with Crippen molar-refractivity contribution in [3.8, 4) is 0 Å². The number of amides is 2. The van der Waals surface area contributed by atoms with Crippen molar-refractivity contribution in [2.24, 2.45) is 11.8 Å². The summed E-state index contributed by atoms with van der Waals surface area (Å²) in [6, 6.07) is -0.629. The standard InChI is InChI=1S/C26H38N2O5S/c1-3-4-7-14-27-15-11-13-26-19(20-24(32)33-18-10-6-12-25(20,2)34-26)22(30)28(21(26)23(27)31)16-8-5-9-17-29/h6,11-13,19-21,29H,3-5,7-10,14-18H2,1-2H3/t19-,20-,21?,25+,26-/m0/s1. The maximum Gasteiger partial charge on any atom is 0.311 e. The number of fused-ring (bicyclic) bond motifs is 2. The Balaban J connectivity index is 1.73. The molecule has 0 aromatic heterocycles. The van der Waals surface area contributed by atoms with Crippen molar-refractivity contribution in [1.29, 1.82) is 0 Å². The Kier molecular flexibility index (Phi) is 7.77. The molecule has 0 radical (unpaired) electrons. The second-order valence-corrected chi connectivity index (χ2v) is 11.9. The lowest BCUT2D eigenvalue weighted by Crippen LogP contribution is -2.53. The summed E-state index contributed by atoms with van der Waals surface area (Å²) in [5, 5.41) is 9.17. The van der Waals surface area contributed by atoms with Gasteiger partial charge in [0.2, 0.25) is 11.8 Å². The second-order valence-electron chi connectivity index (χ2n) is 10.1. The lowest BCUT2D eigenvalue weighted by Gasteiger charge is -2.37. The lowest BCUT2D eigenvalue weighted by molar-refractivity contribution is -0.154. The first-order valence-electron chi connectivity index (χ1n) is 12.8. The largest absolute Gasteiger partial charge is 0.465 e. The van der Waals surface area contributed by atoms with Crippen LogP contribution in [0.15, 0.2) is 24.3 Å². The molecule has 1 N–H and O–H groups in total. The minimum absolute atomic E-state index is 0.0122. The number of aliphatic hydroxyl groups is 1. The Hall–Kier alpha value is -1.80. The number of nitrogens with zero attached hydrogens (tertiary/aromatic N) is 2. The number of rotatable bonds is 9. The van der Waals surface area contributed by atoms with Crippen LogP contribution in [0.25, 0.3) is 0 Å². The van der Waals surface area contributed by atoms with Crippen molar-refractivity contribution in [2.45, 2.75) is 74.3 Å². The number of esters is 1. The minimum Gasteiger partial charge on any atom is -0.465 e. The highest BCUT2D eigenvalue weighted by atomic mass is 32.2. The van der Waals surface area contributed by atoms with E-state index in [2.05, 4.69) is 19.1 Å². The molecule has 4 rings (SSSR count). The number of likely N-dealkylation sites (tertiary alicyclic amines) is 1. The number of hydrogen-bond acceptors (Lipinski definition) is 6. The van der Waals surface area contributed by atoms with E-state index in [1.807, 2.05) is 24.0 Å². The van der Waals surface area contributed by atoms with Gasteiger partial charge >= 0.3 is 5.97 Å². The molecule has 2 fully saturated rings. The molecule has 7 nitrogen and oxygen atoms in total. The molecule has 8 heteroatoms. The zero-order valence-corrected chi connectivity index (χ0v) is 21.2. The fraction of sp³-hybridized carbons (Fsp3) is 0.731. The normalized spacial score (nSPS) is 34.9. The summed E-state index contributed by atoms with van der Waals surface area (Å²) in [7, 11) is 0. The molecule has 0 saturated carbocycles. The van der Waals surface area contributed by atoms with Crippen LogP contribution in [0.1, 0.15) is 58.8 Å². The molecule has 1 unspecified atom stereocenters. The van der Waals surface area contributed by atoms with Crippen molar-refractivity contribution in [3.05, 3.63) is 24.3 Å². The number of carbonyl (C=O) groups excluding carboxylic acids is 3. The van der Waals surface area contributed by atoms with E-state index in [-0.39, 0.29) is 24.4 Å². The van der Waals surface area contributed by atoms with E-state index in [9.17, 15) is 14.4 Å². The number of unbranched alkanes of at least 4 members (excludes halogenated alkanes) is 4. The van der Waals surface area contributed by atoms with Gasteiger partial charge in [0.15, 0.2) is 0 Å². The summed E-state index contributed by atoms with van der Waals surface area (Å²) < 4.78 is 4.16. The van der Waals surface area contributed by atoms with Crippen LogP contribution in [0.5, 0.6) is 0 Å². The highest BCUT2D eigenvalue weighted by molar-refractivity contribution is 8.02. The molecule has 4 aliphatic rings. The number of carbonyl (C=O) groups is 3. The maximum atomic E-state index is 14.0. The zero-order chi connectivity index (χ0) is 24.3. The molecule has 0 aliphatic carbocycles. The Morgan fingerprint density at radius 3 is 2.59 bits per heavy atom. The summed E-state index contributed by atoms with van der Waals surface area (Å²) in [5.74, 6) is -1.72. The number of cyclic esters (lactones) is 1. The molecule has 1 spiro atoms. The quantitative estimate of drug-likeness (QED) is 0.304. The average Bonchev–Trinajstić information content (AvgIpc) is 3.12. The van der Waals surface area contributed by atoms with E-state index in [0.29, 0.717) is 39.1 Å². The van der Waals surface area contributed by atoms with Gasteiger partial charge in [0.1, 0.15) is 6.04 Å². The average molecular weight is 491 g/mol. The molecule has 0 aromatic rings. The molecule has 188 valence electrons. The fourth-order valence-corrected chi connectivity index (χ4v) is 8.25. The van der Waals surface area contributed by atoms with Crippen molar-refractivity contribution in [1.82, 2.24) is 9.80 Å². The number of hydrogen-bond donors (Lipinski definition) is 1. The second kappa shape index (κ2) is 10.4. The van der Waals surface area contributed by atoms with Gasteiger partial charge in [0.05, 0.1) is 23.2 Å². The van der Waals surface area contributed by atoms with E-state index in [4.69, 9.17) is 9.84 Å². The van der Waals surface area contributed by atoms with Crippen LogP contribution < -0.4 is 0 Å². The molecule has 0 aromatic carbocycles. The van der Waals surface area contributed by atoms with Gasteiger partial charge in [-0.15, -0.1) is 11.8 Å². The summed E-state index contributed by atoms with van der Waals surface area (Å²) in [5.41, 5.74) is 0. The van der Waals surface area contributed by atoms with Gasteiger partial charge in [-0.3, -0.25) is 14.4 Å². The Labute approximate surface area is 206 Å². The van der Waals surface area contributed by atoms with Crippen LogP contribution in [0.2, 0.25) is 0 Å². The van der Waals surface area contributed by atoms with Crippen LogP contribution >= 0.6 is 11.8 Å². The Morgan fingerprint density at radius 1 is 1.03 bits per heavy atom. The molecular formula is C26H38N2O5S. The third-order valence-corrected chi connectivity index (χ3v) is 9.49. The molecule has 34 heavy (non-hydrogen) atoms. The van der Waals surface area contributed by atoms with Gasteiger partial charge in [-0.1, -0.05) is 44.1 Å². The number of ether oxygens (including phenoxy) is 1. The molecule has 5 atom stereocenters. The first-order valence-corrected chi connectivity index (χ1v) is 13.6. The number of aliphatic hydroxyl groups excluding tert-OH is 1. The summed E-state index contributed by atoms with van der Waals surface area (Å²) in [6.07, 6.45) is 14.1. The van der Waals surface area contributed by atoms with Gasteiger partial charge < -0.3 is 19.6 Å². The lowest BCUT2D eigenvalue weighted by atomic mass is 9.74. The molecule has 0 bridgehead atoms. The van der Waals surface area contributed by atoms with Crippen molar-refractivity contribution >= 4 is 29.5 Å². The van der Waals surface area contributed by atoms with Gasteiger partial charge in [-0.2, -0.15) is 0 Å². The van der Waals surface area contributed by atoms with E-state index >= 15 is 0 Å². The molecule has 4 aliphatic heterocycles. The fourth-order valence-electron chi connectivity index (χ4n) is 6.10. The molecule has 4 heterocycles. The van der Waals surface area contributed by atoms with Gasteiger partial charge in [0.25, 0.3) is 0 Å². The predicted octanol–water partition coefficient (Wildman–Crippen LogP) is 2.93. The summed E-state index contributed by atoms with van der Waals surface area (Å²) in [4.78, 5) is 44.9. The third kappa shape index (κ3) is 4.32. The SMILES string of the molecule is CCCCCN1CC=C[C@]23S[C@]4(C)C=CCCOC(=O)[C@@H]4[C@H]2C(=O)N(CCCCCO)C3C1=O. The van der Waals surface area contributed by atoms with E-state index in [1.165, 1.54) is 0 Å². The Morgan fingerprint density at radius 2 is 1.82 bits per heavy atom. The monoisotopic (exact) mass is 490 g/mol. The van der Waals surface area contributed by atoms with Crippen LogP contribution in [0.4, 0.5) is 0 Å². The Bertz CT molecular complexity index is 860. The van der Waals surface area contributed by atoms with Crippen molar-refractivity contribution < 1.29 is 24.2 Å². The molecule has 2 saturated heterocycles. The highest BCUT2D eigenvalue weighted by Crippen LogP contribution is 2.65. The number of thioether (sulfide) groups is 1. The van der Waals surface area contributed by atoms with Crippen LogP contribution in [0, 0.1) is 11.8 Å². The maximum absolute atomic E-state index is 14.0. The van der Waals surface area contributed by atoms with E-state index in [1.54, 1.807) is 16.7 Å². The van der Waals surface area contributed by atoms with Crippen molar-refractivity contribution in [3.63, 3.8) is 0 Å². The third-order valence-electron chi connectivity index (χ3n) is 7.69. The predicted molar refractivity (Wildman–Crippen MR) is 132 cm³/mol. The van der Waals surface area contributed by atoms with Crippen molar-refractivity contribution in [2.75, 3.05) is 32.8 Å². The van der Waals surface area contributed by atoms with Crippen LogP contribution in [-0.2, 0) is 19.1 Å². The molecule has 2 amide bonds. The van der Waals surface area contributed by atoms with Crippen LogP contribution in [-0.4, -0.2) is 81.1 Å². The smallest absolute Gasteiger partial charge is 0.311 e. The minimum atomic E-state index is -0.794.